The van der Waals surface area contributed by atoms with E-state index < -0.39 is 18.0 Å². The summed E-state index contributed by atoms with van der Waals surface area (Å²) in [5.41, 5.74) is 2.55. The molecule has 192 valence electrons. The fourth-order valence-electron chi connectivity index (χ4n) is 4.63. The van der Waals surface area contributed by atoms with Crippen molar-refractivity contribution in [2.75, 3.05) is 58.5 Å². The van der Waals surface area contributed by atoms with Gasteiger partial charge in [-0.2, -0.15) is 0 Å². The minimum atomic E-state index is -0.759. The Hall–Kier alpha value is -3.43. The van der Waals surface area contributed by atoms with Gasteiger partial charge >= 0.3 is 12.0 Å². The number of methoxy groups -OCH3 is 2. The van der Waals surface area contributed by atoms with Gasteiger partial charge in [-0.3, -0.25) is 4.90 Å². The highest BCUT2D eigenvalue weighted by atomic mass is 35.5. The Morgan fingerprint density at radius 3 is 2.50 bits per heavy atom. The van der Waals surface area contributed by atoms with E-state index in [1.165, 1.54) is 7.11 Å². The number of hydrogen-bond acceptors (Lipinski definition) is 7. The fraction of sp³-hybridized carbons (Fsp3) is 0.385. The van der Waals surface area contributed by atoms with Crippen molar-refractivity contribution < 1.29 is 23.8 Å². The minimum absolute atomic E-state index is 0.212. The first-order chi connectivity index (χ1) is 17.4. The van der Waals surface area contributed by atoms with Gasteiger partial charge in [0, 0.05) is 54.7 Å². The Labute approximate surface area is 215 Å². The van der Waals surface area contributed by atoms with Crippen LogP contribution in [0.15, 0.2) is 53.7 Å². The van der Waals surface area contributed by atoms with E-state index in [0.29, 0.717) is 39.9 Å². The zero-order chi connectivity index (χ0) is 25.7. The number of anilines is 1. The van der Waals surface area contributed by atoms with Crippen molar-refractivity contribution in [3.8, 4) is 11.5 Å². The van der Waals surface area contributed by atoms with E-state index in [1.54, 1.807) is 32.2 Å². The number of piperazine rings is 1. The molecule has 2 amide bonds. The van der Waals surface area contributed by atoms with Gasteiger partial charge < -0.3 is 29.7 Å². The minimum Gasteiger partial charge on any atom is -0.493 e. The monoisotopic (exact) mass is 514 g/mol. The van der Waals surface area contributed by atoms with E-state index in [-0.39, 0.29) is 6.61 Å². The second-order valence-corrected chi connectivity index (χ2v) is 8.91. The number of benzene rings is 2. The first-order valence-electron chi connectivity index (χ1n) is 11.9. The molecule has 0 bridgehead atoms. The molecule has 10 heteroatoms. The maximum Gasteiger partial charge on any atom is 0.338 e. The van der Waals surface area contributed by atoms with Crippen LogP contribution in [-0.4, -0.2) is 70.5 Å². The van der Waals surface area contributed by atoms with Crippen LogP contribution in [0, 0.1) is 0 Å². The summed E-state index contributed by atoms with van der Waals surface area (Å²) < 4.78 is 16.4. The molecule has 0 unspecified atom stereocenters. The lowest BCUT2D eigenvalue weighted by Crippen LogP contribution is -2.51. The summed E-state index contributed by atoms with van der Waals surface area (Å²) in [5, 5.41) is 6.42. The first-order valence-corrected chi connectivity index (χ1v) is 12.2. The lowest BCUT2D eigenvalue weighted by Gasteiger charge is -2.38. The van der Waals surface area contributed by atoms with Crippen molar-refractivity contribution in [2.24, 2.45) is 0 Å². The van der Waals surface area contributed by atoms with Crippen molar-refractivity contribution >= 4 is 29.3 Å². The second-order valence-electron chi connectivity index (χ2n) is 8.47. The molecule has 0 aromatic heterocycles. The molecule has 0 spiro atoms. The molecule has 2 N–H and O–H groups in total. The van der Waals surface area contributed by atoms with Gasteiger partial charge in [0.05, 0.1) is 32.4 Å². The molecule has 0 radical (unpaired) electrons. The molecule has 0 saturated carbocycles. The van der Waals surface area contributed by atoms with Crippen LogP contribution in [0.25, 0.3) is 0 Å². The number of esters is 1. The van der Waals surface area contributed by atoms with E-state index in [4.69, 9.17) is 25.8 Å². The molecule has 2 heterocycles. The fourth-order valence-corrected chi connectivity index (χ4v) is 4.81. The van der Waals surface area contributed by atoms with Crippen molar-refractivity contribution in [3.05, 3.63) is 64.3 Å². The Morgan fingerprint density at radius 2 is 1.83 bits per heavy atom. The first kappa shape index (κ1) is 25.7. The Balaban J connectivity index is 1.62. The number of carbonyl (C=O) groups excluding carboxylic acids is 2. The molecule has 2 aliphatic rings. The number of urea groups is 1. The zero-order valence-electron chi connectivity index (χ0n) is 20.7. The van der Waals surface area contributed by atoms with Gasteiger partial charge in [0.1, 0.15) is 0 Å². The Kier molecular flexibility index (Phi) is 8.22. The maximum atomic E-state index is 13.2. The summed E-state index contributed by atoms with van der Waals surface area (Å²) >= 11 is 6.16. The summed E-state index contributed by atoms with van der Waals surface area (Å²) in [4.78, 5) is 30.4. The van der Waals surface area contributed by atoms with Crippen molar-refractivity contribution in [2.45, 2.75) is 13.0 Å². The van der Waals surface area contributed by atoms with Crippen LogP contribution in [0.4, 0.5) is 10.5 Å². The molecule has 2 aliphatic heterocycles. The lowest BCUT2D eigenvalue weighted by molar-refractivity contribution is -0.139. The number of carbonyl (C=O) groups is 2. The SMILES string of the molecule is CCOC(=O)C1=C(CN2CCN(c3cccc(Cl)c3)CC2)NC(=O)N[C@@H]1c1cccc(OC)c1OC. The number of rotatable bonds is 8. The highest BCUT2D eigenvalue weighted by Gasteiger charge is 2.36. The number of halogens is 1. The molecule has 2 aromatic rings. The van der Waals surface area contributed by atoms with E-state index >= 15 is 0 Å². The third-order valence-corrected chi connectivity index (χ3v) is 6.56. The summed E-state index contributed by atoms with van der Waals surface area (Å²) in [6, 6.07) is 12.0. The molecule has 1 atom stereocenters. The van der Waals surface area contributed by atoms with Gasteiger partial charge in [0.2, 0.25) is 0 Å². The van der Waals surface area contributed by atoms with E-state index in [2.05, 4.69) is 20.4 Å². The van der Waals surface area contributed by atoms with Crippen LogP contribution >= 0.6 is 11.6 Å². The highest BCUT2D eigenvalue weighted by molar-refractivity contribution is 6.30. The second kappa shape index (κ2) is 11.5. The molecule has 4 rings (SSSR count). The third-order valence-electron chi connectivity index (χ3n) is 6.32. The maximum absolute atomic E-state index is 13.2. The van der Waals surface area contributed by atoms with Crippen LogP contribution in [0.3, 0.4) is 0 Å². The van der Waals surface area contributed by atoms with Crippen molar-refractivity contribution in [3.63, 3.8) is 0 Å². The van der Waals surface area contributed by atoms with Gasteiger partial charge in [0.25, 0.3) is 0 Å². The van der Waals surface area contributed by atoms with Gasteiger partial charge in [-0.15, -0.1) is 0 Å². The van der Waals surface area contributed by atoms with Gasteiger partial charge in [-0.1, -0.05) is 29.8 Å². The van der Waals surface area contributed by atoms with Gasteiger partial charge in [-0.05, 0) is 31.2 Å². The van der Waals surface area contributed by atoms with E-state index in [9.17, 15) is 9.59 Å². The summed E-state index contributed by atoms with van der Waals surface area (Å²) in [5.74, 6) is 0.459. The largest absolute Gasteiger partial charge is 0.493 e. The van der Waals surface area contributed by atoms with Crippen LogP contribution in [0.1, 0.15) is 18.5 Å². The van der Waals surface area contributed by atoms with Crippen LogP contribution in [-0.2, 0) is 9.53 Å². The predicted octanol–water partition coefficient (Wildman–Crippen LogP) is 3.35. The number of amides is 2. The van der Waals surface area contributed by atoms with E-state index in [1.807, 2.05) is 24.3 Å². The van der Waals surface area contributed by atoms with Crippen molar-refractivity contribution in [1.82, 2.24) is 15.5 Å². The highest BCUT2D eigenvalue weighted by Crippen LogP contribution is 2.39. The topological polar surface area (TPSA) is 92.4 Å². The number of hydrogen-bond donors (Lipinski definition) is 2. The zero-order valence-corrected chi connectivity index (χ0v) is 21.4. The number of ether oxygens (including phenoxy) is 3. The predicted molar refractivity (Wildman–Crippen MR) is 138 cm³/mol. The van der Waals surface area contributed by atoms with E-state index in [0.717, 1.165) is 31.9 Å². The molecule has 1 fully saturated rings. The number of nitrogens with zero attached hydrogens (tertiary/aromatic N) is 2. The molecule has 2 aromatic carbocycles. The molecule has 9 nitrogen and oxygen atoms in total. The smallest absolute Gasteiger partial charge is 0.338 e. The molecule has 1 saturated heterocycles. The van der Waals surface area contributed by atoms with Gasteiger partial charge in [0.15, 0.2) is 11.5 Å². The standard InChI is InChI=1S/C26H31ClN4O5/c1-4-36-25(32)22-20(16-30-11-13-31(14-12-30)18-8-5-7-17(27)15-18)28-26(33)29-23(22)19-9-6-10-21(34-2)24(19)35-3/h5-10,15,23H,4,11-14,16H2,1-3H3,(H2,28,29,33)/t23-/m1/s1. The summed E-state index contributed by atoms with van der Waals surface area (Å²) in [7, 11) is 3.07. The van der Waals surface area contributed by atoms with Gasteiger partial charge in [-0.25, -0.2) is 9.59 Å². The van der Waals surface area contributed by atoms with Crippen molar-refractivity contribution in [1.29, 1.82) is 0 Å². The van der Waals surface area contributed by atoms with Crippen LogP contribution in [0.2, 0.25) is 5.02 Å². The normalized spacial score (nSPS) is 18.4. The third kappa shape index (κ3) is 5.52. The molecular formula is C26H31ClN4O5. The quantitative estimate of drug-likeness (QED) is 0.522. The molecular weight excluding hydrogens is 484 g/mol. The Morgan fingerprint density at radius 1 is 1.08 bits per heavy atom. The lowest BCUT2D eigenvalue weighted by atomic mass is 9.93. The number of para-hydroxylation sites is 1. The molecule has 36 heavy (non-hydrogen) atoms. The summed E-state index contributed by atoms with van der Waals surface area (Å²) in [6.45, 7) is 5.45. The van der Waals surface area contributed by atoms with Crippen LogP contribution < -0.4 is 25.0 Å². The molecule has 0 aliphatic carbocycles. The Bertz CT molecular complexity index is 1150. The van der Waals surface area contributed by atoms with Crippen LogP contribution in [0.5, 0.6) is 11.5 Å². The number of nitrogens with one attached hydrogen (secondary N) is 2. The average Bonchev–Trinajstić information content (AvgIpc) is 2.88. The summed E-state index contributed by atoms with van der Waals surface area (Å²) in [6.07, 6.45) is 0. The average molecular weight is 515 g/mol.